The van der Waals surface area contributed by atoms with E-state index in [1.807, 2.05) is 34.6 Å². The van der Waals surface area contributed by atoms with Crippen LogP contribution in [0.4, 0.5) is 0 Å². The Morgan fingerprint density at radius 2 is 1.26 bits per heavy atom. The maximum absolute atomic E-state index is 11.6. The van der Waals surface area contributed by atoms with E-state index in [0.717, 1.165) is 0 Å². The van der Waals surface area contributed by atoms with Crippen molar-refractivity contribution in [3.63, 3.8) is 0 Å². The van der Waals surface area contributed by atoms with Crippen molar-refractivity contribution < 1.29 is 38.4 Å². The van der Waals surface area contributed by atoms with Gasteiger partial charge in [-0.05, 0) is 19.8 Å². The van der Waals surface area contributed by atoms with Crippen molar-refractivity contribution in [3.05, 3.63) is 0 Å². The molecular formula is C19H32O8. The van der Waals surface area contributed by atoms with Gasteiger partial charge >= 0.3 is 11.9 Å². The lowest BCUT2D eigenvalue weighted by Crippen LogP contribution is -2.59. The van der Waals surface area contributed by atoms with Gasteiger partial charge in [0, 0.05) is 25.7 Å². The minimum Gasteiger partial charge on any atom is -0.457 e. The maximum Gasteiger partial charge on any atom is 0.303 e. The maximum atomic E-state index is 11.6. The van der Waals surface area contributed by atoms with E-state index in [-0.39, 0.29) is 30.0 Å². The van der Waals surface area contributed by atoms with Gasteiger partial charge in [-0.25, -0.2) is 0 Å². The normalized spacial score (nSPS) is 45.2. The Morgan fingerprint density at radius 3 is 1.81 bits per heavy atom. The molecule has 0 amide bonds. The minimum absolute atomic E-state index is 0.00678. The Hall–Kier alpha value is -1.22. The highest BCUT2D eigenvalue weighted by molar-refractivity contribution is 5.66. The van der Waals surface area contributed by atoms with Crippen molar-refractivity contribution in [1.29, 1.82) is 0 Å². The van der Waals surface area contributed by atoms with E-state index < -0.39 is 42.8 Å². The molecule has 8 heteroatoms. The molecule has 0 aromatic carbocycles. The number of hydrogen-bond acceptors (Lipinski definition) is 8. The molecule has 0 spiro atoms. The average Bonchev–Trinajstić information content (AvgIpc) is 2.56. The lowest BCUT2D eigenvalue weighted by Gasteiger charge is -2.47. The van der Waals surface area contributed by atoms with Crippen molar-refractivity contribution in [2.75, 3.05) is 0 Å². The lowest BCUT2D eigenvalue weighted by molar-refractivity contribution is -0.334. The zero-order valence-corrected chi connectivity index (χ0v) is 17.1. The summed E-state index contributed by atoms with van der Waals surface area (Å²) in [5.74, 6) is -0.989. The van der Waals surface area contributed by atoms with E-state index in [1.54, 1.807) is 0 Å². The number of ether oxygens (including phenoxy) is 5. The number of aliphatic hydroxyl groups excluding tert-OH is 1. The third-order valence-corrected chi connectivity index (χ3v) is 5.82. The van der Waals surface area contributed by atoms with Crippen LogP contribution in [-0.4, -0.2) is 60.1 Å². The molecule has 2 aliphatic heterocycles. The highest BCUT2D eigenvalue weighted by atomic mass is 16.7. The topological polar surface area (TPSA) is 101 Å². The molecule has 0 aliphatic carbocycles. The number of carbonyl (C=O) groups excluding carboxylic acids is 2. The molecule has 5 unspecified atom stereocenters. The number of carbonyl (C=O) groups is 2. The minimum atomic E-state index is -1.31. The second-order valence-corrected chi connectivity index (χ2v) is 7.77. The molecule has 0 bridgehead atoms. The highest BCUT2D eigenvalue weighted by Crippen LogP contribution is 2.37. The first-order valence-electron chi connectivity index (χ1n) is 9.51. The van der Waals surface area contributed by atoms with Crippen LogP contribution in [0.1, 0.15) is 48.5 Å². The molecule has 2 rings (SSSR count). The molecule has 0 aromatic heterocycles. The summed E-state index contributed by atoms with van der Waals surface area (Å²) in [6.07, 6.45) is -4.85. The van der Waals surface area contributed by atoms with Crippen molar-refractivity contribution in [1.82, 2.24) is 0 Å². The van der Waals surface area contributed by atoms with Crippen LogP contribution in [0, 0.1) is 17.8 Å². The van der Waals surface area contributed by atoms with E-state index in [0.29, 0.717) is 0 Å². The third kappa shape index (κ3) is 4.99. The van der Waals surface area contributed by atoms with E-state index in [4.69, 9.17) is 23.7 Å². The molecule has 0 aromatic rings. The average molecular weight is 388 g/mol. The highest BCUT2D eigenvalue weighted by Gasteiger charge is 2.49. The number of hydrogen-bond donors (Lipinski definition) is 1. The molecule has 8 nitrogen and oxygen atoms in total. The van der Waals surface area contributed by atoms with Gasteiger partial charge in [-0.1, -0.05) is 20.8 Å². The Labute approximate surface area is 160 Å². The van der Waals surface area contributed by atoms with E-state index in [2.05, 4.69) is 0 Å². The zero-order chi connectivity index (χ0) is 20.5. The van der Waals surface area contributed by atoms with E-state index in [1.165, 1.54) is 13.8 Å². The summed E-state index contributed by atoms with van der Waals surface area (Å²) in [7, 11) is 0. The first kappa shape index (κ1) is 22.1. The summed E-state index contributed by atoms with van der Waals surface area (Å²) in [4.78, 5) is 23.1. The van der Waals surface area contributed by atoms with Gasteiger partial charge in [-0.2, -0.15) is 0 Å². The SMILES string of the molecule is CC(=O)OC1[C@H](O[C@@H]2C(OC(C)=O)C(O)OC(C)[C@@H]2C)OC(C)[C@H](C)[C@@H]1C. The molecule has 2 fully saturated rings. The Bertz CT molecular complexity index is 538. The fourth-order valence-corrected chi connectivity index (χ4v) is 3.67. The van der Waals surface area contributed by atoms with Gasteiger partial charge < -0.3 is 28.8 Å². The number of rotatable bonds is 4. The third-order valence-electron chi connectivity index (χ3n) is 5.82. The Morgan fingerprint density at radius 1 is 0.741 bits per heavy atom. The Kier molecular flexibility index (Phi) is 7.24. The summed E-state index contributed by atoms with van der Waals surface area (Å²) in [5, 5.41) is 10.3. The van der Waals surface area contributed by atoms with Crippen molar-refractivity contribution >= 4 is 11.9 Å². The first-order valence-corrected chi connectivity index (χ1v) is 9.51. The van der Waals surface area contributed by atoms with E-state index >= 15 is 0 Å². The molecule has 2 saturated heterocycles. The van der Waals surface area contributed by atoms with Crippen LogP contribution in [-0.2, 0) is 33.3 Å². The van der Waals surface area contributed by atoms with Gasteiger partial charge in [-0.3, -0.25) is 9.59 Å². The van der Waals surface area contributed by atoms with Gasteiger partial charge in [0.2, 0.25) is 0 Å². The van der Waals surface area contributed by atoms with Gasteiger partial charge in [0.25, 0.3) is 0 Å². The van der Waals surface area contributed by atoms with Gasteiger partial charge in [0.05, 0.1) is 12.2 Å². The predicted molar refractivity (Wildman–Crippen MR) is 94.4 cm³/mol. The molecule has 10 atom stereocenters. The molecule has 0 saturated carbocycles. The van der Waals surface area contributed by atoms with Crippen LogP contribution >= 0.6 is 0 Å². The number of esters is 2. The van der Waals surface area contributed by atoms with E-state index in [9.17, 15) is 14.7 Å². The van der Waals surface area contributed by atoms with Gasteiger partial charge in [0.1, 0.15) is 6.10 Å². The first-order chi connectivity index (χ1) is 12.5. The molecule has 1 N–H and O–H groups in total. The van der Waals surface area contributed by atoms with Gasteiger partial charge in [0.15, 0.2) is 24.8 Å². The Balaban J connectivity index is 2.26. The predicted octanol–water partition coefficient (Wildman–Crippen LogP) is 1.63. The number of aliphatic hydroxyl groups is 1. The molecular weight excluding hydrogens is 356 g/mol. The lowest BCUT2D eigenvalue weighted by atomic mass is 9.83. The smallest absolute Gasteiger partial charge is 0.303 e. The quantitative estimate of drug-likeness (QED) is 0.725. The second-order valence-electron chi connectivity index (χ2n) is 7.77. The van der Waals surface area contributed by atoms with Crippen LogP contribution in [0.25, 0.3) is 0 Å². The molecule has 2 aliphatic rings. The van der Waals surface area contributed by atoms with Crippen molar-refractivity contribution in [2.24, 2.45) is 17.8 Å². The van der Waals surface area contributed by atoms with Crippen LogP contribution in [0.2, 0.25) is 0 Å². The van der Waals surface area contributed by atoms with Crippen molar-refractivity contribution in [3.8, 4) is 0 Å². The fraction of sp³-hybridized carbons (Fsp3) is 0.895. The van der Waals surface area contributed by atoms with Crippen LogP contribution in [0.15, 0.2) is 0 Å². The fourth-order valence-electron chi connectivity index (χ4n) is 3.67. The molecule has 2 heterocycles. The summed E-state index contributed by atoms with van der Waals surface area (Å²) in [6.45, 7) is 12.3. The summed E-state index contributed by atoms with van der Waals surface area (Å²) in [6, 6.07) is 0. The summed E-state index contributed by atoms with van der Waals surface area (Å²) in [5.41, 5.74) is 0. The molecule has 0 radical (unpaired) electrons. The van der Waals surface area contributed by atoms with Gasteiger partial charge in [-0.15, -0.1) is 0 Å². The molecule has 156 valence electrons. The van der Waals surface area contributed by atoms with Crippen LogP contribution < -0.4 is 0 Å². The zero-order valence-electron chi connectivity index (χ0n) is 17.1. The standard InChI is InChI=1S/C19H32O8/c1-8-9(2)16(25-13(6)20)19(24-11(8)4)27-15-10(3)12(5)23-18(22)17(15)26-14(7)21/h8-12,15-19,22H,1-7H3/t8-,9+,10+,11?,12?,15+,16?,17?,18?,19+/m1/s1. The van der Waals surface area contributed by atoms with Crippen LogP contribution in [0.5, 0.6) is 0 Å². The largest absolute Gasteiger partial charge is 0.457 e. The van der Waals surface area contributed by atoms with Crippen LogP contribution in [0.3, 0.4) is 0 Å². The summed E-state index contributed by atoms with van der Waals surface area (Å²) >= 11 is 0. The summed E-state index contributed by atoms with van der Waals surface area (Å²) < 4.78 is 28.4. The molecule has 27 heavy (non-hydrogen) atoms. The van der Waals surface area contributed by atoms with Crippen molar-refractivity contribution in [2.45, 2.75) is 91.6 Å². The second kappa shape index (κ2) is 8.86. The monoisotopic (exact) mass is 388 g/mol.